The first-order chi connectivity index (χ1) is 16.5. The minimum absolute atomic E-state index is 0.127. The predicted octanol–water partition coefficient (Wildman–Crippen LogP) is 5.57. The Morgan fingerprint density at radius 1 is 1.12 bits per heavy atom. The molecule has 7 heteroatoms. The van der Waals surface area contributed by atoms with Crippen LogP contribution in [0.2, 0.25) is 5.02 Å². The Kier molecular flexibility index (Phi) is 7.50. The van der Waals surface area contributed by atoms with E-state index in [4.69, 9.17) is 21.1 Å². The van der Waals surface area contributed by atoms with E-state index in [-0.39, 0.29) is 11.8 Å². The third-order valence-electron chi connectivity index (χ3n) is 5.27. The van der Waals surface area contributed by atoms with Crippen LogP contribution in [0.5, 0.6) is 11.5 Å². The Labute approximate surface area is 203 Å². The van der Waals surface area contributed by atoms with E-state index in [1.54, 1.807) is 48.2 Å². The zero-order valence-corrected chi connectivity index (χ0v) is 19.5. The van der Waals surface area contributed by atoms with Gasteiger partial charge in [0.05, 0.1) is 12.3 Å². The monoisotopic (exact) mass is 476 g/mol. The Balaban J connectivity index is 1.41. The van der Waals surface area contributed by atoms with Gasteiger partial charge in [0.2, 0.25) is 5.91 Å². The molecule has 174 valence electrons. The molecular weight excluding hydrogens is 452 g/mol. The highest BCUT2D eigenvalue weighted by Gasteiger charge is 2.31. The third kappa shape index (κ3) is 5.97. The molecule has 1 aliphatic heterocycles. The van der Waals surface area contributed by atoms with Crippen molar-refractivity contribution in [1.29, 1.82) is 0 Å². The zero-order valence-electron chi connectivity index (χ0n) is 18.7. The lowest BCUT2D eigenvalue weighted by molar-refractivity contribution is -0.125. The van der Waals surface area contributed by atoms with E-state index in [0.29, 0.717) is 41.7 Å². The Morgan fingerprint density at radius 2 is 1.88 bits per heavy atom. The molecule has 0 saturated carbocycles. The molecule has 6 nitrogen and oxygen atoms in total. The quantitative estimate of drug-likeness (QED) is 0.340. The summed E-state index contributed by atoms with van der Waals surface area (Å²) in [6.45, 7) is 2.68. The summed E-state index contributed by atoms with van der Waals surface area (Å²) in [5.74, 6) is 0.986. The molecule has 0 saturated heterocycles. The topological polar surface area (TPSA) is 67.9 Å². The normalized spacial score (nSPS) is 15.1. The van der Waals surface area contributed by atoms with E-state index in [9.17, 15) is 9.59 Å². The summed E-state index contributed by atoms with van der Waals surface area (Å²) >= 11 is 5.89. The van der Waals surface area contributed by atoms with Crippen LogP contribution < -0.4 is 19.7 Å². The average Bonchev–Trinajstić information content (AvgIpc) is 2.84. The number of benzene rings is 3. The van der Waals surface area contributed by atoms with Gasteiger partial charge in [-0.15, -0.1) is 0 Å². The summed E-state index contributed by atoms with van der Waals surface area (Å²) in [4.78, 5) is 26.9. The molecule has 2 amide bonds. The number of para-hydroxylation sites is 1. The van der Waals surface area contributed by atoms with Crippen LogP contribution in [0.3, 0.4) is 0 Å². The summed E-state index contributed by atoms with van der Waals surface area (Å²) in [5.41, 5.74) is 2.06. The molecule has 34 heavy (non-hydrogen) atoms. The fraction of sp³-hybridized carbons (Fsp3) is 0.185. The van der Waals surface area contributed by atoms with Crippen LogP contribution in [0.25, 0.3) is 6.08 Å². The van der Waals surface area contributed by atoms with Gasteiger partial charge in [0, 0.05) is 23.3 Å². The van der Waals surface area contributed by atoms with Crippen molar-refractivity contribution in [3.63, 3.8) is 0 Å². The van der Waals surface area contributed by atoms with Crippen molar-refractivity contribution in [1.82, 2.24) is 0 Å². The Morgan fingerprint density at radius 3 is 2.65 bits per heavy atom. The lowest BCUT2D eigenvalue weighted by atomic mass is 10.1. The number of fused-ring (bicyclic) bond motifs is 1. The van der Waals surface area contributed by atoms with Gasteiger partial charge in [0.1, 0.15) is 11.5 Å². The highest BCUT2D eigenvalue weighted by Crippen LogP contribution is 2.36. The van der Waals surface area contributed by atoms with Crippen molar-refractivity contribution in [2.75, 3.05) is 23.4 Å². The number of carbonyl (C=O) groups is 2. The standard InChI is InChI=1S/C27H25ClN2O4/c1-19-27(32)30(16-5-17-33-23-6-3-2-4-7-23)24-18-22(13-14-25(24)34-19)29-26(31)15-10-20-8-11-21(28)12-9-20/h2-4,6-15,18-19H,5,16-17H2,1H3,(H,29,31)/b15-10+. The van der Waals surface area contributed by atoms with E-state index >= 15 is 0 Å². The number of hydrogen-bond donors (Lipinski definition) is 1. The number of amides is 2. The number of carbonyl (C=O) groups excluding carboxylic acids is 2. The van der Waals surface area contributed by atoms with Crippen LogP contribution in [-0.2, 0) is 9.59 Å². The minimum Gasteiger partial charge on any atom is -0.494 e. The minimum atomic E-state index is -0.578. The lowest BCUT2D eigenvalue weighted by Crippen LogP contribution is -2.45. The molecule has 0 bridgehead atoms. The van der Waals surface area contributed by atoms with Crippen molar-refractivity contribution in [2.24, 2.45) is 0 Å². The molecular formula is C27H25ClN2O4. The SMILES string of the molecule is CC1Oc2ccc(NC(=O)/C=C/c3ccc(Cl)cc3)cc2N(CCCOc2ccccc2)C1=O. The first-order valence-corrected chi connectivity index (χ1v) is 11.4. The number of ether oxygens (including phenoxy) is 2. The van der Waals surface area contributed by atoms with Crippen molar-refractivity contribution < 1.29 is 19.1 Å². The number of halogens is 1. The second kappa shape index (κ2) is 10.9. The van der Waals surface area contributed by atoms with E-state index in [2.05, 4.69) is 5.32 Å². The molecule has 3 aromatic carbocycles. The molecule has 1 N–H and O–H groups in total. The highest BCUT2D eigenvalue weighted by atomic mass is 35.5. The molecule has 0 aliphatic carbocycles. The molecule has 3 aromatic rings. The number of hydrogen-bond acceptors (Lipinski definition) is 4. The summed E-state index contributed by atoms with van der Waals surface area (Å²) in [7, 11) is 0. The van der Waals surface area contributed by atoms with Crippen LogP contribution in [0.15, 0.2) is 78.9 Å². The Bertz CT molecular complexity index is 1180. The second-order valence-electron chi connectivity index (χ2n) is 7.82. The predicted molar refractivity (Wildman–Crippen MR) is 135 cm³/mol. The highest BCUT2D eigenvalue weighted by molar-refractivity contribution is 6.30. The molecule has 4 rings (SSSR count). The van der Waals surface area contributed by atoms with Crippen LogP contribution in [0.4, 0.5) is 11.4 Å². The number of nitrogens with zero attached hydrogens (tertiary/aromatic N) is 1. The van der Waals surface area contributed by atoms with Gasteiger partial charge in [0.15, 0.2) is 6.10 Å². The maximum absolute atomic E-state index is 12.8. The van der Waals surface area contributed by atoms with Crippen molar-refractivity contribution >= 4 is 40.9 Å². The molecule has 1 heterocycles. The molecule has 0 fully saturated rings. The number of anilines is 2. The van der Waals surface area contributed by atoms with E-state index in [1.807, 2.05) is 42.5 Å². The van der Waals surface area contributed by atoms with Gasteiger partial charge in [-0.3, -0.25) is 9.59 Å². The smallest absolute Gasteiger partial charge is 0.267 e. The van der Waals surface area contributed by atoms with Crippen LogP contribution in [0.1, 0.15) is 18.9 Å². The maximum atomic E-state index is 12.8. The number of nitrogens with one attached hydrogen (secondary N) is 1. The van der Waals surface area contributed by atoms with E-state index < -0.39 is 6.10 Å². The maximum Gasteiger partial charge on any atom is 0.267 e. The van der Waals surface area contributed by atoms with Gasteiger partial charge >= 0.3 is 0 Å². The summed E-state index contributed by atoms with van der Waals surface area (Å²) in [6, 6.07) is 22.0. The molecule has 0 spiro atoms. The van der Waals surface area contributed by atoms with Gasteiger partial charge < -0.3 is 19.7 Å². The average molecular weight is 477 g/mol. The zero-order chi connectivity index (χ0) is 23.9. The lowest BCUT2D eigenvalue weighted by Gasteiger charge is -2.33. The van der Waals surface area contributed by atoms with Crippen molar-refractivity contribution in [3.05, 3.63) is 89.5 Å². The van der Waals surface area contributed by atoms with Gasteiger partial charge in [-0.05, 0) is 67.4 Å². The fourth-order valence-corrected chi connectivity index (χ4v) is 3.70. The third-order valence-corrected chi connectivity index (χ3v) is 5.52. The van der Waals surface area contributed by atoms with E-state index in [0.717, 1.165) is 11.3 Å². The van der Waals surface area contributed by atoms with Gasteiger partial charge in [-0.1, -0.05) is 41.9 Å². The van der Waals surface area contributed by atoms with Gasteiger partial charge in [0.25, 0.3) is 5.91 Å². The van der Waals surface area contributed by atoms with Crippen molar-refractivity contribution in [3.8, 4) is 11.5 Å². The molecule has 1 aliphatic rings. The molecule has 0 radical (unpaired) electrons. The molecule has 0 aromatic heterocycles. The largest absolute Gasteiger partial charge is 0.494 e. The van der Waals surface area contributed by atoms with Crippen LogP contribution >= 0.6 is 11.6 Å². The van der Waals surface area contributed by atoms with E-state index in [1.165, 1.54) is 6.08 Å². The first-order valence-electron chi connectivity index (χ1n) is 11.0. The van der Waals surface area contributed by atoms with Crippen LogP contribution in [0, 0.1) is 0 Å². The Hall–Kier alpha value is -3.77. The molecule has 1 unspecified atom stereocenters. The van der Waals surface area contributed by atoms with Crippen LogP contribution in [-0.4, -0.2) is 31.1 Å². The fourth-order valence-electron chi connectivity index (χ4n) is 3.57. The molecule has 1 atom stereocenters. The number of rotatable bonds is 8. The van der Waals surface area contributed by atoms with Crippen molar-refractivity contribution in [2.45, 2.75) is 19.4 Å². The van der Waals surface area contributed by atoms with Gasteiger partial charge in [-0.2, -0.15) is 0 Å². The summed E-state index contributed by atoms with van der Waals surface area (Å²) in [6.07, 6.45) is 3.22. The first kappa shape index (κ1) is 23.4. The summed E-state index contributed by atoms with van der Waals surface area (Å²) in [5, 5.41) is 3.48. The van der Waals surface area contributed by atoms with Gasteiger partial charge in [-0.25, -0.2) is 0 Å². The second-order valence-corrected chi connectivity index (χ2v) is 8.26. The summed E-state index contributed by atoms with van der Waals surface area (Å²) < 4.78 is 11.5.